The van der Waals surface area contributed by atoms with Crippen LogP contribution in [0.25, 0.3) is 11.0 Å². The molecule has 8 nitrogen and oxygen atoms in total. The van der Waals surface area contributed by atoms with Crippen molar-refractivity contribution in [3.63, 3.8) is 0 Å². The van der Waals surface area contributed by atoms with Crippen molar-refractivity contribution < 1.29 is 9.18 Å². The summed E-state index contributed by atoms with van der Waals surface area (Å²) in [7, 11) is 0. The number of para-hydroxylation sites is 1. The lowest BCUT2D eigenvalue weighted by Gasteiger charge is -2.12. The van der Waals surface area contributed by atoms with Gasteiger partial charge in [0.2, 0.25) is 5.91 Å². The molecule has 2 heterocycles. The van der Waals surface area contributed by atoms with E-state index in [4.69, 9.17) is 0 Å². The fourth-order valence-corrected chi connectivity index (χ4v) is 3.34. The van der Waals surface area contributed by atoms with Gasteiger partial charge in [-0.25, -0.2) is 9.18 Å². The van der Waals surface area contributed by atoms with Crippen LogP contribution in [0.4, 0.5) is 10.1 Å². The van der Waals surface area contributed by atoms with Crippen molar-refractivity contribution in [1.82, 2.24) is 18.9 Å². The minimum Gasteiger partial charge on any atom is -0.322 e. The molecule has 0 unspecified atom stereocenters. The fourth-order valence-electron chi connectivity index (χ4n) is 3.34. The normalized spacial score (nSPS) is 11.0. The molecule has 0 atom stereocenters. The quantitative estimate of drug-likeness (QED) is 0.517. The smallest absolute Gasteiger partial charge is 0.322 e. The molecule has 0 radical (unpaired) electrons. The first-order valence-corrected chi connectivity index (χ1v) is 9.77. The maximum Gasteiger partial charge on any atom is 0.332 e. The molecule has 2 aromatic heterocycles. The zero-order valence-corrected chi connectivity index (χ0v) is 16.8. The highest BCUT2D eigenvalue weighted by molar-refractivity contribution is 5.91. The molecule has 1 amide bonds. The lowest BCUT2D eigenvalue weighted by atomic mass is 10.2. The van der Waals surface area contributed by atoms with E-state index in [-0.39, 0.29) is 23.3 Å². The molecule has 0 aliphatic rings. The van der Waals surface area contributed by atoms with E-state index in [9.17, 15) is 18.8 Å². The third-order valence-corrected chi connectivity index (χ3v) is 4.90. The second-order valence-electron chi connectivity index (χ2n) is 6.99. The Kier molecular flexibility index (Phi) is 5.48. The molecular weight excluding hydrogens is 401 g/mol. The largest absolute Gasteiger partial charge is 0.332 e. The number of aryl methyl sites for hydroxylation is 1. The van der Waals surface area contributed by atoms with Crippen LogP contribution < -0.4 is 16.6 Å². The van der Waals surface area contributed by atoms with Gasteiger partial charge in [-0.1, -0.05) is 42.5 Å². The summed E-state index contributed by atoms with van der Waals surface area (Å²) in [5.74, 6) is -1.18. The molecular formula is C22H20FN5O3. The van der Waals surface area contributed by atoms with Crippen LogP contribution in [0.3, 0.4) is 0 Å². The Balaban J connectivity index is 1.78. The van der Waals surface area contributed by atoms with Crippen LogP contribution in [-0.4, -0.2) is 24.8 Å². The SMILES string of the molecule is CCn1cc2c(n1)c(=O)n(Cc1ccccc1)c(=O)n2CC(=O)Nc1ccccc1F. The van der Waals surface area contributed by atoms with Crippen LogP contribution in [0.1, 0.15) is 12.5 Å². The van der Waals surface area contributed by atoms with Gasteiger partial charge in [-0.05, 0) is 24.6 Å². The van der Waals surface area contributed by atoms with E-state index < -0.39 is 29.5 Å². The number of halogens is 1. The highest BCUT2D eigenvalue weighted by Gasteiger charge is 2.19. The number of carbonyl (C=O) groups excluding carboxylic acids is 1. The van der Waals surface area contributed by atoms with Crippen LogP contribution in [-0.2, 0) is 24.4 Å². The summed E-state index contributed by atoms with van der Waals surface area (Å²) in [6.45, 7) is 1.99. The van der Waals surface area contributed by atoms with Crippen molar-refractivity contribution in [2.45, 2.75) is 26.6 Å². The summed E-state index contributed by atoms with van der Waals surface area (Å²) in [5, 5.41) is 6.74. The molecule has 0 spiro atoms. The van der Waals surface area contributed by atoms with Crippen LogP contribution in [0, 0.1) is 5.82 Å². The number of carbonyl (C=O) groups is 1. The number of hydrogen-bond donors (Lipinski definition) is 1. The number of benzene rings is 2. The molecule has 9 heteroatoms. The van der Waals surface area contributed by atoms with Crippen molar-refractivity contribution in [2.75, 3.05) is 5.32 Å². The molecule has 0 bridgehead atoms. The van der Waals surface area contributed by atoms with Gasteiger partial charge >= 0.3 is 5.69 Å². The number of anilines is 1. The molecule has 0 aliphatic heterocycles. The van der Waals surface area contributed by atoms with E-state index in [0.717, 1.165) is 10.1 Å². The predicted octanol–water partition coefficient (Wildman–Crippen LogP) is 2.21. The van der Waals surface area contributed by atoms with Crippen molar-refractivity contribution in [2.24, 2.45) is 0 Å². The topological polar surface area (TPSA) is 90.9 Å². The van der Waals surface area contributed by atoms with Gasteiger partial charge in [0, 0.05) is 12.7 Å². The number of nitrogens with zero attached hydrogens (tertiary/aromatic N) is 4. The maximum absolute atomic E-state index is 13.9. The number of rotatable bonds is 6. The van der Waals surface area contributed by atoms with E-state index in [0.29, 0.717) is 6.54 Å². The number of aromatic nitrogens is 4. The number of hydrogen-bond acceptors (Lipinski definition) is 4. The van der Waals surface area contributed by atoms with Gasteiger partial charge in [0.1, 0.15) is 12.4 Å². The Morgan fingerprint density at radius 2 is 1.74 bits per heavy atom. The first-order chi connectivity index (χ1) is 15.0. The standard InChI is InChI=1S/C22H20FN5O3/c1-2-26-13-18-20(25-26)21(30)28(12-15-8-4-3-5-9-15)22(31)27(18)14-19(29)24-17-11-7-6-10-16(17)23/h3-11,13H,2,12,14H2,1H3,(H,24,29). The van der Waals surface area contributed by atoms with Gasteiger partial charge in [0.25, 0.3) is 5.56 Å². The summed E-state index contributed by atoms with van der Waals surface area (Å²) in [6.07, 6.45) is 1.56. The average molecular weight is 421 g/mol. The second-order valence-corrected chi connectivity index (χ2v) is 6.99. The van der Waals surface area contributed by atoms with Crippen molar-refractivity contribution >= 4 is 22.6 Å². The Morgan fingerprint density at radius 1 is 1.03 bits per heavy atom. The molecule has 2 aromatic carbocycles. The lowest BCUT2D eigenvalue weighted by molar-refractivity contribution is -0.116. The summed E-state index contributed by atoms with van der Waals surface area (Å²) in [6, 6.07) is 14.8. The van der Waals surface area contributed by atoms with E-state index in [2.05, 4.69) is 10.4 Å². The molecule has 4 aromatic rings. The molecule has 0 saturated heterocycles. The molecule has 4 rings (SSSR count). The number of nitrogens with one attached hydrogen (secondary N) is 1. The highest BCUT2D eigenvalue weighted by atomic mass is 19.1. The summed E-state index contributed by atoms with van der Waals surface area (Å²) < 4.78 is 17.7. The van der Waals surface area contributed by atoms with Gasteiger partial charge in [-0.15, -0.1) is 0 Å². The third kappa shape index (κ3) is 4.02. The summed E-state index contributed by atoms with van der Waals surface area (Å²) in [4.78, 5) is 38.8. The Hall–Kier alpha value is -4.01. The van der Waals surface area contributed by atoms with Crippen molar-refractivity contribution in [3.8, 4) is 0 Å². The van der Waals surface area contributed by atoms with Crippen LogP contribution in [0.5, 0.6) is 0 Å². The number of amides is 1. The van der Waals surface area contributed by atoms with E-state index in [1.54, 1.807) is 24.4 Å². The Labute approximate surface area is 176 Å². The van der Waals surface area contributed by atoms with E-state index in [1.807, 2.05) is 25.1 Å². The van der Waals surface area contributed by atoms with Crippen molar-refractivity contribution in [1.29, 1.82) is 0 Å². The lowest BCUT2D eigenvalue weighted by Crippen LogP contribution is -2.41. The second kappa shape index (κ2) is 8.39. The molecule has 0 saturated carbocycles. The van der Waals surface area contributed by atoms with E-state index in [1.165, 1.54) is 27.4 Å². The maximum atomic E-state index is 13.9. The first kappa shape index (κ1) is 20.3. The van der Waals surface area contributed by atoms with Crippen LogP contribution in [0.15, 0.2) is 70.4 Å². The molecule has 1 N–H and O–H groups in total. The van der Waals surface area contributed by atoms with Gasteiger partial charge in [0.05, 0.1) is 17.7 Å². The monoisotopic (exact) mass is 421 g/mol. The predicted molar refractivity (Wildman–Crippen MR) is 115 cm³/mol. The first-order valence-electron chi connectivity index (χ1n) is 9.77. The summed E-state index contributed by atoms with van der Waals surface area (Å²) in [5.41, 5.74) is -0.0413. The van der Waals surface area contributed by atoms with Gasteiger partial charge in [0.15, 0.2) is 5.52 Å². The molecule has 31 heavy (non-hydrogen) atoms. The Morgan fingerprint density at radius 3 is 2.45 bits per heavy atom. The van der Waals surface area contributed by atoms with Gasteiger partial charge in [-0.3, -0.25) is 23.4 Å². The minimum absolute atomic E-state index is 0.0126. The van der Waals surface area contributed by atoms with Crippen LogP contribution in [0.2, 0.25) is 0 Å². The average Bonchev–Trinajstić information content (AvgIpc) is 3.21. The zero-order valence-electron chi connectivity index (χ0n) is 16.8. The number of fused-ring (bicyclic) bond motifs is 1. The third-order valence-electron chi connectivity index (χ3n) is 4.90. The Bertz CT molecular complexity index is 1370. The van der Waals surface area contributed by atoms with Crippen LogP contribution >= 0.6 is 0 Å². The summed E-state index contributed by atoms with van der Waals surface area (Å²) >= 11 is 0. The van der Waals surface area contributed by atoms with Gasteiger partial charge < -0.3 is 5.32 Å². The fraction of sp³-hybridized carbons (Fsp3) is 0.182. The van der Waals surface area contributed by atoms with E-state index >= 15 is 0 Å². The highest BCUT2D eigenvalue weighted by Crippen LogP contribution is 2.13. The molecule has 0 aliphatic carbocycles. The zero-order chi connectivity index (χ0) is 22.0. The molecule has 158 valence electrons. The minimum atomic E-state index is -0.638. The van der Waals surface area contributed by atoms with Crippen molar-refractivity contribution in [3.05, 3.63) is 93.0 Å². The van der Waals surface area contributed by atoms with Gasteiger partial charge in [-0.2, -0.15) is 5.10 Å². The molecule has 0 fully saturated rings.